The van der Waals surface area contributed by atoms with Crippen molar-refractivity contribution >= 4 is 21.6 Å². The minimum Gasteiger partial charge on any atom is -0.383 e. The van der Waals surface area contributed by atoms with E-state index in [4.69, 9.17) is 0 Å². The lowest BCUT2D eigenvalue weighted by Gasteiger charge is -2.24. The van der Waals surface area contributed by atoms with E-state index in [0.717, 1.165) is 37.2 Å². The molecule has 2 aliphatic rings. The zero-order valence-electron chi connectivity index (χ0n) is 10.1. The Balaban J connectivity index is 1.95. The number of fused-ring (bicyclic) bond motifs is 1. The van der Waals surface area contributed by atoms with Gasteiger partial charge in [-0.1, -0.05) is 12.1 Å². The lowest BCUT2D eigenvalue weighted by atomic mass is 10.2. The summed E-state index contributed by atoms with van der Waals surface area (Å²) in [5, 5.41) is 3.26. The van der Waals surface area contributed by atoms with E-state index in [1.165, 1.54) is 4.31 Å². The molecule has 0 radical (unpaired) electrons. The minimum absolute atomic E-state index is 0.137. The van der Waals surface area contributed by atoms with E-state index in [1.807, 2.05) is 24.3 Å². The van der Waals surface area contributed by atoms with Crippen LogP contribution in [-0.4, -0.2) is 27.5 Å². The molecule has 0 amide bonds. The number of hydrogen-bond donors (Lipinski definition) is 2. The van der Waals surface area contributed by atoms with Gasteiger partial charge in [-0.2, -0.15) is 13.1 Å². The fourth-order valence-corrected chi connectivity index (χ4v) is 3.70. The molecule has 6 heteroatoms. The first-order valence-corrected chi connectivity index (χ1v) is 7.74. The van der Waals surface area contributed by atoms with Crippen LogP contribution in [0, 0.1) is 0 Å². The number of nitrogens with zero attached hydrogens (tertiary/aromatic N) is 1. The van der Waals surface area contributed by atoms with Crippen molar-refractivity contribution in [3.8, 4) is 0 Å². The molecule has 0 unspecified atom stereocenters. The molecule has 0 aromatic heterocycles. The summed E-state index contributed by atoms with van der Waals surface area (Å²) in [6.45, 7) is 1.32. The maximum Gasteiger partial charge on any atom is 0.301 e. The highest BCUT2D eigenvalue weighted by molar-refractivity contribution is 7.90. The average molecular weight is 267 g/mol. The Bertz CT molecular complexity index is 540. The van der Waals surface area contributed by atoms with Crippen molar-refractivity contribution in [2.45, 2.75) is 25.3 Å². The van der Waals surface area contributed by atoms with Gasteiger partial charge in [-0.05, 0) is 31.4 Å². The summed E-state index contributed by atoms with van der Waals surface area (Å²) < 4.78 is 28.9. The number of rotatable bonds is 3. The van der Waals surface area contributed by atoms with Crippen molar-refractivity contribution in [3.05, 3.63) is 24.3 Å². The lowest BCUT2D eigenvalue weighted by molar-refractivity contribution is 0.575. The second-order valence-electron chi connectivity index (χ2n) is 4.77. The first-order valence-electron chi connectivity index (χ1n) is 6.30. The Kier molecular flexibility index (Phi) is 2.91. The maximum absolute atomic E-state index is 12.3. The van der Waals surface area contributed by atoms with Crippen LogP contribution in [-0.2, 0) is 10.2 Å². The van der Waals surface area contributed by atoms with Crippen molar-refractivity contribution in [1.29, 1.82) is 0 Å². The quantitative estimate of drug-likeness (QED) is 0.868. The molecule has 3 rings (SSSR count). The highest BCUT2D eigenvalue weighted by Crippen LogP contribution is 2.30. The molecule has 18 heavy (non-hydrogen) atoms. The number of hydrogen-bond acceptors (Lipinski definition) is 3. The highest BCUT2D eigenvalue weighted by Gasteiger charge is 2.32. The predicted molar refractivity (Wildman–Crippen MR) is 72.0 cm³/mol. The number of para-hydroxylation sites is 2. The Morgan fingerprint density at radius 2 is 2.06 bits per heavy atom. The molecule has 1 aliphatic heterocycles. The van der Waals surface area contributed by atoms with Crippen LogP contribution in [0.4, 0.5) is 11.4 Å². The van der Waals surface area contributed by atoms with Gasteiger partial charge in [0.15, 0.2) is 0 Å². The Morgan fingerprint density at radius 3 is 2.83 bits per heavy atom. The van der Waals surface area contributed by atoms with Crippen LogP contribution < -0.4 is 14.3 Å². The first-order chi connectivity index (χ1) is 8.67. The first kappa shape index (κ1) is 11.8. The molecule has 0 bridgehead atoms. The molecule has 1 aromatic rings. The van der Waals surface area contributed by atoms with Crippen molar-refractivity contribution in [2.75, 3.05) is 22.7 Å². The normalized spacial score (nSPS) is 19.9. The van der Waals surface area contributed by atoms with E-state index in [-0.39, 0.29) is 6.04 Å². The molecule has 0 atom stereocenters. The van der Waals surface area contributed by atoms with Crippen LogP contribution in [0.2, 0.25) is 0 Å². The zero-order chi connectivity index (χ0) is 12.6. The largest absolute Gasteiger partial charge is 0.383 e. The fraction of sp³-hybridized carbons (Fsp3) is 0.500. The standard InChI is InChI=1S/C12H17N3O2S/c16-18(17,14-10-6-7-10)15-9-3-8-13-11-4-1-2-5-12(11)15/h1-2,4-5,10,13-14H,3,6-9H2. The van der Waals surface area contributed by atoms with Gasteiger partial charge in [-0.3, -0.25) is 4.31 Å². The Morgan fingerprint density at radius 1 is 1.28 bits per heavy atom. The summed E-state index contributed by atoms with van der Waals surface area (Å²) in [4.78, 5) is 0. The summed E-state index contributed by atoms with van der Waals surface area (Å²) in [7, 11) is -3.41. The molecule has 98 valence electrons. The van der Waals surface area contributed by atoms with E-state index in [9.17, 15) is 8.42 Å². The van der Waals surface area contributed by atoms with Crippen molar-refractivity contribution in [3.63, 3.8) is 0 Å². The van der Waals surface area contributed by atoms with Crippen LogP contribution in [0.1, 0.15) is 19.3 Å². The third kappa shape index (κ3) is 2.30. The summed E-state index contributed by atoms with van der Waals surface area (Å²) in [5.41, 5.74) is 1.62. The molecule has 1 heterocycles. The molecular formula is C12H17N3O2S. The summed E-state index contributed by atoms with van der Waals surface area (Å²) in [6, 6.07) is 7.68. The lowest BCUT2D eigenvalue weighted by Crippen LogP contribution is -2.42. The smallest absolute Gasteiger partial charge is 0.301 e. The van der Waals surface area contributed by atoms with Crippen molar-refractivity contribution in [1.82, 2.24) is 4.72 Å². The van der Waals surface area contributed by atoms with Crippen LogP contribution in [0.5, 0.6) is 0 Å². The van der Waals surface area contributed by atoms with E-state index in [0.29, 0.717) is 6.54 Å². The van der Waals surface area contributed by atoms with Gasteiger partial charge in [0.05, 0.1) is 11.4 Å². The molecule has 1 fully saturated rings. The zero-order valence-corrected chi connectivity index (χ0v) is 10.9. The molecule has 1 aliphatic carbocycles. The van der Waals surface area contributed by atoms with Gasteiger partial charge in [0.1, 0.15) is 0 Å². The van der Waals surface area contributed by atoms with E-state index < -0.39 is 10.2 Å². The molecule has 0 spiro atoms. The second-order valence-corrected chi connectivity index (χ2v) is 6.39. The maximum atomic E-state index is 12.3. The van der Waals surface area contributed by atoms with E-state index >= 15 is 0 Å². The Hall–Kier alpha value is -1.27. The SMILES string of the molecule is O=S(=O)(NC1CC1)N1CCCNc2ccccc21. The molecule has 2 N–H and O–H groups in total. The van der Waals surface area contributed by atoms with Gasteiger partial charge in [0.25, 0.3) is 0 Å². The third-order valence-electron chi connectivity index (χ3n) is 3.21. The third-order valence-corrected chi connectivity index (χ3v) is 4.80. The van der Waals surface area contributed by atoms with Crippen LogP contribution in [0.25, 0.3) is 0 Å². The fourth-order valence-electron chi connectivity index (χ4n) is 2.13. The average Bonchev–Trinajstić information content (AvgIpc) is 3.13. The van der Waals surface area contributed by atoms with Gasteiger partial charge in [-0.25, -0.2) is 0 Å². The molecule has 0 saturated heterocycles. The number of benzene rings is 1. The van der Waals surface area contributed by atoms with Crippen LogP contribution >= 0.6 is 0 Å². The van der Waals surface area contributed by atoms with Crippen LogP contribution in [0.3, 0.4) is 0 Å². The van der Waals surface area contributed by atoms with Crippen molar-refractivity contribution in [2.24, 2.45) is 0 Å². The summed E-state index contributed by atoms with van der Waals surface area (Å²) >= 11 is 0. The summed E-state index contributed by atoms with van der Waals surface area (Å²) in [6.07, 6.45) is 2.71. The second kappa shape index (κ2) is 4.44. The van der Waals surface area contributed by atoms with E-state index in [1.54, 1.807) is 0 Å². The van der Waals surface area contributed by atoms with Gasteiger partial charge < -0.3 is 5.32 Å². The van der Waals surface area contributed by atoms with Gasteiger partial charge in [0, 0.05) is 19.1 Å². The molecule has 1 saturated carbocycles. The summed E-state index contributed by atoms with van der Waals surface area (Å²) in [5.74, 6) is 0. The predicted octanol–water partition coefficient (Wildman–Crippen LogP) is 1.31. The molecule has 1 aromatic carbocycles. The Labute approximate surface area is 107 Å². The minimum atomic E-state index is -3.41. The molecular weight excluding hydrogens is 250 g/mol. The van der Waals surface area contributed by atoms with Crippen molar-refractivity contribution < 1.29 is 8.42 Å². The molecule has 5 nitrogen and oxygen atoms in total. The highest BCUT2D eigenvalue weighted by atomic mass is 32.2. The monoisotopic (exact) mass is 267 g/mol. The van der Waals surface area contributed by atoms with Gasteiger partial charge >= 0.3 is 10.2 Å². The number of anilines is 2. The van der Waals surface area contributed by atoms with Gasteiger partial charge in [0.2, 0.25) is 0 Å². The number of nitrogens with one attached hydrogen (secondary N) is 2. The van der Waals surface area contributed by atoms with E-state index in [2.05, 4.69) is 10.0 Å². The van der Waals surface area contributed by atoms with Crippen LogP contribution in [0.15, 0.2) is 24.3 Å². The topological polar surface area (TPSA) is 61.4 Å². The van der Waals surface area contributed by atoms with Gasteiger partial charge in [-0.15, -0.1) is 0 Å².